The van der Waals surface area contributed by atoms with Crippen molar-refractivity contribution in [2.45, 2.75) is 37.6 Å². The zero-order chi connectivity index (χ0) is 19.0. The Kier molecular flexibility index (Phi) is 4.60. The molecule has 0 bridgehead atoms. The van der Waals surface area contributed by atoms with E-state index in [1.165, 1.54) is 21.3 Å². The van der Waals surface area contributed by atoms with Gasteiger partial charge in [0.15, 0.2) is 12.4 Å². The summed E-state index contributed by atoms with van der Waals surface area (Å²) in [4.78, 5) is 18.1. The Bertz CT molecular complexity index is 965. The summed E-state index contributed by atoms with van der Waals surface area (Å²) >= 11 is 0. The fourth-order valence-corrected chi connectivity index (χ4v) is 4.85. The van der Waals surface area contributed by atoms with E-state index in [-0.39, 0.29) is 24.0 Å². The molecule has 0 saturated carbocycles. The van der Waals surface area contributed by atoms with Crippen LogP contribution in [-0.4, -0.2) is 48.5 Å². The van der Waals surface area contributed by atoms with Gasteiger partial charge in [0, 0.05) is 20.0 Å². The molecule has 9 nitrogen and oxygen atoms in total. The van der Waals surface area contributed by atoms with Crippen molar-refractivity contribution >= 4 is 21.6 Å². The Hall–Kier alpha value is -2.46. The standard InChI is InChI=1S/C17H20N4O5S/c1-12-18-16(19-26-12)10-21-14-9-13(5-6-15(14)25-11-17(21)22)27(23,24)20-7-3-2-4-8-20/h5-6,9H,2-4,7-8,10-11H2,1H3. The quantitative estimate of drug-likeness (QED) is 0.776. The van der Waals surface area contributed by atoms with Crippen LogP contribution in [0.25, 0.3) is 0 Å². The van der Waals surface area contributed by atoms with Crippen LogP contribution in [0.2, 0.25) is 0 Å². The maximum atomic E-state index is 13.0. The first kappa shape index (κ1) is 17.9. The largest absolute Gasteiger partial charge is 0.482 e. The highest BCUT2D eigenvalue weighted by Gasteiger charge is 2.31. The average molecular weight is 392 g/mol. The molecular formula is C17H20N4O5S. The van der Waals surface area contributed by atoms with Crippen LogP contribution < -0.4 is 9.64 Å². The van der Waals surface area contributed by atoms with Gasteiger partial charge in [0.1, 0.15) is 5.75 Å². The molecule has 0 radical (unpaired) electrons. The molecule has 10 heteroatoms. The number of carbonyl (C=O) groups excluding carboxylic acids is 1. The zero-order valence-electron chi connectivity index (χ0n) is 14.9. The minimum absolute atomic E-state index is 0.0831. The number of sulfonamides is 1. The van der Waals surface area contributed by atoms with Crippen molar-refractivity contribution in [3.8, 4) is 5.75 Å². The molecule has 0 unspecified atom stereocenters. The second kappa shape index (κ2) is 6.93. The molecule has 1 aromatic carbocycles. The lowest BCUT2D eigenvalue weighted by Crippen LogP contribution is -2.39. The molecule has 0 atom stereocenters. The number of amides is 1. The second-order valence-corrected chi connectivity index (χ2v) is 8.53. The minimum atomic E-state index is -3.62. The van der Waals surface area contributed by atoms with E-state index >= 15 is 0 Å². The third-order valence-corrected chi connectivity index (χ3v) is 6.59. The molecular weight excluding hydrogens is 372 g/mol. The smallest absolute Gasteiger partial charge is 0.265 e. The van der Waals surface area contributed by atoms with Gasteiger partial charge in [-0.3, -0.25) is 9.69 Å². The zero-order valence-corrected chi connectivity index (χ0v) is 15.7. The Morgan fingerprint density at radius 1 is 1.19 bits per heavy atom. The number of fused-ring (bicyclic) bond motifs is 1. The lowest BCUT2D eigenvalue weighted by molar-refractivity contribution is -0.121. The topological polar surface area (TPSA) is 106 Å². The summed E-state index contributed by atoms with van der Waals surface area (Å²) in [6.07, 6.45) is 2.75. The predicted octanol–water partition coefficient (Wildman–Crippen LogP) is 1.48. The Labute approximate surface area is 157 Å². The lowest BCUT2D eigenvalue weighted by atomic mass is 10.2. The third kappa shape index (κ3) is 3.42. The molecule has 1 fully saturated rings. The molecule has 1 amide bonds. The van der Waals surface area contributed by atoms with E-state index in [4.69, 9.17) is 9.26 Å². The van der Waals surface area contributed by atoms with Crippen molar-refractivity contribution < 1.29 is 22.5 Å². The predicted molar refractivity (Wildman–Crippen MR) is 94.8 cm³/mol. The Morgan fingerprint density at radius 2 is 1.96 bits per heavy atom. The van der Waals surface area contributed by atoms with E-state index in [0.717, 1.165) is 19.3 Å². The molecule has 1 aromatic heterocycles. The number of benzene rings is 1. The van der Waals surface area contributed by atoms with Crippen LogP contribution in [0.5, 0.6) is 5.75 Å². The monoisotopic (exact) mass is 392 g/mol. The van der Waals surface area contributed by atoms with Crippen molar-refractivity contribution in [2.75, 3.05) is 24.6 Å². The number of hydrogen-bond donors (Lipinski definition) is 0. The summed E-state index contributed by atoms with van der Waals surface area (Å²) in [5, 5.41) is 3.81. The molecule has 2 aliphatic rings. The molecule has 0 aliphatic carbocycles. The van der Waals surface area contributed by atoms with Gasteiger partial charge in [-0.1, -0.05) is 11.6 Å². The highest BCUT2D eigenvalue weighted by molar-refractivity contribution is 7.89. The normalized spacial score (nSPS) is 18.3. The third-order valence-electron chi connectivity index (χ3n) is 4.70. The van der Waals surface area contributed by atoms with Crippen molar-refractivity contribution in [2.24, 2.45) is 0 Å². The van der Waals surface area contributed by atoms with Crippen LogP contribution >= 0.6 is 0 Å². The molecule has 4 rings (SSSR count). The first-order valence-electron chi connectivity index (χ1n) is 8.82. The van der Waals surface area contributed by atoms with Crippen LogP contribution in [0.4, 0.5) is 5.69 Å². The van der Waals surface area contributed by atoms with Crippen LogP contribution in [0.15, 0.2) is 27.6 Å². The molecule has 0 N–H and O–H groups in total. The highest BCUT2D eigenvalue weighted by atomic mass is 32.2. The number of aryl methyl sites for hydroxylation is 1. The van der Waals surface area contributed by atoms with E-state index in [1.807, 2.05) is 0 Å². The number of nitrogens with zero attached hydrogens (tertiary/aromatic N) is 4. The maximum Gasteiger partial charge on any atom is 0.265 e. The average Bonchev–Trinajstić information content (AvgIpc) is 3.09. The van der Waals surface area contributed by atoms with Crippen molar-refractivity contribution in [3.05, 3.63) is 29.9 Å². The summed E-state index contributed by atoms with van der Waals surface area (Å²) in [5.41, 5.74) is 0.395. The van der Waals surface area contributed by atoms with Gasteiger partial charge in [-0.05, 0) is 31.0 Å². The molecule has 27 heavy (non-hydrogen) atoms. The summed E-state index contributed by atoms with van der Waals surface area (Å²) in [6.45, 7) is 2.65. The fraction of sp³-hybridized carbons (Fsp3) is 0.471. The van der Waals surface area contributed by atoms with Gasteiger partial charge in [-0.15, -0.1) is 0 Å². The van der Waals surface area contributed by atoms with Crippen molar-refractivity contribution in [1.29, 1.82) is 0 Å². The second-order valence-electron chi connectivity index (χ2n) is 6.59. The highest BCUT2D eigenvalue weighted by Crippen LogP contribution is 2.36. The van der Waals surface area contributed by atoms with E-state index in [9.17, 15) is 13.2 Å². The molecule has 2 aliphatic heterocycles. The number of anilines is 1. The number of rotatable bonds is 4. The lowest BCUT2D eigenvalue weighted by Gasteiger charge is -2.30. The molecule has 0 spiro atoms. The van der Waals surface area contributed by atoms with Crippen LogP contribution in [-0.2, 0) is 21.4 Å². The van der Waals surface area contributed by atoms with Crippen LogP contribution in [0, 0.1) is 6.92 Å². The van der Waals surface area contributed by atoms with Crippen molar-refractivity contribution in [1.82, 2.24) is 14.4 Å². The van der Waals surface area contributed by atoms with Gasteiger partial charge in [0.2, 0.25) is 15.9 Å². The SMILES string of the molecule is Cc1nc(CN2C(=O)COc3ccc(S(=O)(=O)N4CCCCC4)cc32)no1. The van der Waals surface area contributed by atoms with Gasteiger partial charge in [-0.2, -0.15) is 9.29 Å². The number of piperidine rings is 1. The number of carbonyl (C=O) groups is 1. The summed E-state index contributed by atoms with van der Waals surface area (Å²) in [6, 6.07) is 4.60. The first-order chi connectivity index (χ1) is 12.9. The Morgan fingerprint density at radius 3 is 2.67 bits per heavy atom. The van der Waals surface area contributed by atoms with E-state index in [2.05, 4.69) is 10.1 Å². The minimum Gasteiger partial charge on any atom is -0.482 e. The summed E-state index contributed by atoms with van der Waals surface area (Å²) < 4.78 is 37.8. The van der Waals surface area contributed by atoms with Crippen LogP contribution in [0.3, 0.4) is 0 Å². The van der Waals surface area contributed by atoms with E-state index < -0.39 is 10.0 Å². The molecule has 2 aromatic rings. The van der Waals surface area contributed by atoms with E-state index in [1.54, 1.807) is 13.0 Å². The van der Waals surface area contributed by atoms with Gasteiger partial charge in [-0.25, -0.2) is 8.42 Å². The van der Waals surface area contributed by atoms with Gasteiger partial charge in [0.25, 0.3) is 5.91 Å². The van der Waals surface area contributed by atoms with Gasteiger partial charge >= 0.3 is 0 Å². The molecule has 3 heterocycles. The number of hydrogen-bond acceptors (Lipinski definition) is 7. The summed E-state index contributed by atoms with van der Waals surface area (Å²) in [7, 11) is -3.62. The Balaban J connectivity index is 1.69. The molecule has 1 saturated heterocycles. The fourth-order valence-electron chi connectivity index (χ4n) is 3.32. The van der Waals surface area contributed by atoms with Gasteiger partial charge in [0.05, 0.1) is 17.1 Å². The van der Waals surface area contributed by atoms with Crippen LogP contribution in [0.1, 0.15) is 31.0 Å². The number of aromatic nitrogens is 2. The first-order valence-corrected chi connectivity index (χ1v) is 10.3. The maximum absolute atomic E-state index is 13.0. The summed E-state index contributed by atoms with van der Waals surface area (Å²) in [5.74, 6) is 0.898. The number of ether oxygens (including phenoxy) is 1. The molecule has 144 valence electrons. The van der Waals surface area contributed by atoms with Gasteiger partial charge < -0.3 is 9.26 Å². The van der Waals surface area contributed by atoms with Crippen molar-refractivity contribution in [3.63, 3.8) is 0 Å². The van der Waals surface area contributed by atoms with E-state index in [0.29, 0.717) is 36.2 Å².